The molecule has 0 bridgehead atoms. The first-order valence-electron chi connectivity index (χ1n) is 4.80. The van der Waals surface area contributed by atoms with Crippen molar-refractivity contribution in [2.45, 2.75) is 13.3 Å². The van der Waals surface area contributed by atoms with Crippen LogP contribution in [0.3, 0.4) is 0 Å². The van der Waals surface area contributed by atoms with Gasteiger partial charge in [0, 0.05) is 22.5 Å². The average molecular weight is 289 g/mol. The summed E-state index contributed by atoms with van der Waals surface area (Å²) in [4.78, 5) is 13.3. The number of anilines is 1. The zero-order valence-corrected chi connectivity index (χ0v) is 10.7. The minimum atomic E-state index is 0.290. The average Bonchev–Trinajstić information content (AvgIpc) is 2.58. The summed E-state index contributed by atoms with van der Waals surface area (Å²) >= 11 is 9.57. The molecule has 1 aromatic rings. The van der Waals surface area contributed by atoms with E-state index in [1.54, 1.807) is 0 Å². The normalized spacial score (nSPS) is 16.2. The number of hydrogen-bond donors (Lipinski definition) is 0. The third-order valence-corrected chi connectivity index (χ3v) is 3.64. The molecule has 0 radical (unpaired) electrons. The van der Waals surface area contributed by atoms with Crippen molar-refractivity contribution in [2.24, 2.45) is 0 Å². The summed E-state index contributed by atoms with van der Waals surface area (Å²) in [5, 5.41) is 0.743. The molecule has 1 aromatic carbocycles. The maximum Gasteiger partial charge on any atom is 0.153 e. The van der Waals surface area contributed by atoms with Crippen LogP contribution in [0.25, 0.3) is 0 Å². The summed E-state index contributed by atoms with van der Waals surface area (Å²) in [6, 6.07) is 3.90. The lowest BCUT2D eigenvalue weighted by molar-refractivity contribution is -0.116. The fourth-order valence-electron chi connectivity index (χ4n) is 1.71. The Morgan fingerprint density at radius 2 is 2.20 bits per heavy atom. The third kappa shape index (κ3) is 2.18. The van der Waals surface area contributed by atoms with Crippen LogP contribution in [0.4, 0.5) is 5.69 Å². The molecule has 4 heteroatoms. The van der Waals surface area contributed by atoms with Crippen LogP contribution in [0.1, 0.15) is 12.0 Å². The van der Waals surface area contributed by atoms with Gasteiger partial charge in [-0.3, -0.25) is 4.79 Å². The lowest BCUT2D eigenvalue weighted by Crippen LogP contribution is -2.19. The summed E-state index contributed by atoms with van der Waals surface area (Å²) in [6.45, 7) is 3.25. The van der Waals surface area contributed by atoms with Gasteiger partial charge >= 0.3 is 0 Å². The third-order valence-electron chi connectivity index (χ3n) is 2.60. The molecule has 2 rings (SSSR count). The highest BCUT2D eigenvalue weighted by molar-refractivity contribution is 9.10. The van der Waals surface area contributed by atoms with E-state index in [0.717, 1.165) is 27.3 Å². The first kappa shape index (κ1) is 11.0. The molecule has 0 aliphatic carbocycles. The quantitative estimate of drug-likeness (QED) is 0.791. The van der Waals surface area contributed by atoms with Crippen molar-refractivity contribution in [2.75, 3.05) is 18.0 Å². The van der Waals surface area contributed by atoms with E-state index >= 15 is 0 Å². The summed E-state index contributed by atoms with van der Waals surface area (Å²) in [5.74, 6) is 0.290. The molecule has 0 spiro atoms. The Bertz CT molecular complexity index is 419. The van der Waals surface area contributed by atoms with Gasteiger partial charge in [-0.15, -0.1) is 0 Å². The predicted octanol–water partition coefficient (Wildman–Crippen LogP) is 3.19. The number of rotatable bonds is 1. The maximum absolute atomic E-state index is 11.2. The second-order valence-electron chi connectivity index (χ2n) is 3.76. The van der Waals surface area contributed by atoms with E-state index in [4.69, 9.17) is 11.6 Å². The zero-order chi connectivity index (χ0) is 11.0. The van der Waals surface area contributed by atoms with Crippen molar-refractivity contribution < 1.29 is 4.79 Å². The fourth-order valence-corrected chi connectivity index (χ4v) is 2.58. The Kier molecular flexibility index (Phi) is 3.03. The summed E-state index contributed by atoms with van der Waals surface area (Å²) < 4.78 is 0.999. The first-order valence-corrected chi connectivity index (χ1v) is 5.97. The molecule has 0 saturated carbocycles. The minimum Gasteiger partial charge on any atom is -0.363 e. The molecule has 0 amide bonds. The molecule has 2 nitrogen and oxygen atoms in total. The second-order valence-corrected chi connectivity index (χ2v) is 5.02. The molecule has 1 heterocycles. The van der Waals surface area contributed by atoms with E-state index in [2.05, 4.69) is 20.8 Å². The van der Waals surface area contributed by atoms with E-state index < -0.39 is 0 Å². The zero-order valence-electron chi connectivity index (χ0n) is 8.39. The smallest absolute Gasteiger partial charge is 0.153 e. The van der Waals surface area contributed by atoms with Crippen LogP contribution in [0, 0.1) is 6.92 Å². The van der Waals surface area contributed by atoms with Crippen LogP contribution < -0.4 is 4.90 Å². The van der Waals surface area contributed by atoms with Crippen molar-refractivity contribution in [3.05, 3.63) is 27.2 Å². The summed E-state index contributed by atoms with van der Waals surface area (Å²) in [7, 11) is 0. The number of Topliss-reactive ketones (excluding diaryl/α,β-unsaturated/α-hetero) is 1. The van der Waals surface area contributed by atoms with Crippen LogP contribution in [0.2, 0.25) is 5.02 Å². The molecule has 0 atom stereocenters. The molecule has 0 unspecified atom stereocenters. The summed E-state index contributed by atoms with van der Waals surface area (Å²) in [5.41, 5.74) is 2.05. The SMILES string of the molecule is Cc1cc(Br)c(N2CCC(=O)C2)cc1Cl. The van der Waals surface area contributed by atoms with Crippen molar-refractivity contribution >= 4 is 39.0 Å². The van der Waals surface area contributed by atoms with Gasteiger partial charge in [0.1, 0.15) is 0 Å². The lowest BCUT2D eigenvalue weighted by Gasteiger charge is -2.19. The van der Waals surface area contributed by atoms with E-state index in [1.165, 1.54) is 0 Å². The largest absolute Gasteiger partial charge is 0.363 e. The second kappa shape index (κ2) is 4.14. The van der Waals surface area contributed by atoms with Gasteiger partial charge in [-0.05, 0) is 40.5 Å². The standard InChI is InChI=1S/C11H11BrClNO/c1-7-4-9(12)11(5-10(7)13)14-3-2-8(15)6-14/h4-5H,2-3,6H2,1H3. The number of hydrogen-bond acceptors (Lipinski definition) is 2. The topological polar surface area (TPSA) is 20.3 Å². The number of carbonyl (C=O) groups excluding carboxylic acids is 1. The maximum atomic E-state index is 11.2. The highest BCUT2D eigenvalue weighted by Gasteiger charge is 2.21. The van der Waals surface area contributed by atoms with Gasteiger partial charge in [0.15, 0.2) is 5.78 Å². The molecular weight excluding hydrogens is 277 g/mol. The van der Waals surface area contributed by atoms with Gasteiger partial charge in [-0.25, -0.2) is 0 Å². The monoisotopic (exact) mass is 287 g/mol. The first-order chi connectivity index (χ1) is 7.08. The number of benzene rings is 1. The molecule has 1 fully saturated rings. The van der Waals surface area contributed by atoms with Crippen molar-refractivity contribution in [3.63, 3.8) is 0 Å². The number of halogens is 2. The van der Waals surface area contributed by atoms with Gasteiger partial charge in [0.25, 0.3) is 0 Å². The van der Waals surface area contributed by atoms with E-state index in [0.29, 0.717) is 18.7 Å². The van der Waals surface area contributed by atoms with Gasteiger partial charge in [0.2, 0.25) is 0 Å². The van der Waals surface area contributed by atoms with Gasteiger partial charge in [0.05, 0.1) is 12.2 Å². The Morgan fingerprint density at radius 3 is 2.80 bits per heavy atom. The Labute approximate surface area is 102 Å². The molecule has 1 aliphatic rings. The molecule has 0 aromatic heterocycles. The Morgan fingerprint density at radius 1 is 1.47 bits per heavy atom. The Balaban J connectivity index is 2.36. The van der Waals surface area contributed by atoms with Crippen LogP contribution in [-0.4, -0.2) is 18.9 Å². The Hall–Kier alpha value is -0.540. The molecule has 80 valence electrons. The van der Waals surface area contributed by atoms with Crippen LogP contribution in [0.5, 0.6) is 0 Å². The number of nitrogens with zero attached hydrogens (tertiary/aromatic N) is 1. The summed E-state index contributed by atoms with van der Waals surface area (Å²) in [6.07, 6.45) is 0.637. The molecule has 15 heavy (non-hydrogen) atoms. The van der Waals surface area contributed by atoms with Gasteiger partial charge < -0.3 is 4.90 Å². The molecule has 1 aliphatic heterocycles. The number of ketones is 1. The molecular formula is C11H11BrClNO. The van der Waals surface area contributed by atoms with Gasteiger partial charge in [-0.2, -0.15) is 0 Å². The number of carbonyl (C=O) groups is 1. The highest BCUT2D eigenvalue weighted by Crippen LogP contribution is 2.33. The minimum absolute atomic E-state index is 0.290. The van der Waals surface area contributed by atoms with Crippen molar-refractivity contribution in [1.82, 2.24) is 0 Å². The van der Waals surface area contributed by atoms with Gasteiger partial charge in [-0.1, -0.05) is 11.6 Å². The van der Waals surface area contributed by atoms with Crippen LogP contribution in [0.15, 0.2) is 16.6 Å². The van der Waals surface area contributed by atoms with E-state index in [1.807, 2.05) is 19.1 Å². The molecule has 1 saturated heterocycles. The van der Waals surface area contributed by atoms with Crippen molar-refractivity contribution in [1.29, 1.82) is 0 Å². The number of aryl methyl sites for hydroxylation is 1. The highest BCUT2D eigenvalue weighted by atomic mass is 79.9. The molecule has 0 N–H and O–H groups in total. The van der Waals surface area contributed by atoms with Crippen LogP contribution >= 0.6 is 27.5 Å². The van der Waals surface area contributed by atoms with Crippen LogP contribution in [-0.2, 0) is 4.79 Å². The van der Waals surface area contributed by atoms with Crippen molar-refractivity contribution in [3.8, 4) is 0 Å². The fraction of sp³-hybridized carbons (Fsp3) is 0.364. The van der Waals surface area contributed by atoms with E-state index in [-0.39, 0.29) is 0 Å². The lowest BCUT2D eigenvalue weighted by atomic mass is 10.2. The van der Waals surface area contributed by atoms with E-state index in [9.17, 15) is 4.79 Å². The predicted molar refractivity (Wildman–Crippen MR) is 65.7 cm³/mol.